The van der Waals surface area contributed by atoms with Gasteiger partial charge in [0.2, 0.25) is 10.0 Å². The monoisotopic (exact) mass is 501 g/mol. The van der Waals surface area contributed by atoms with Crippen LogP contribution in [0.3, 0.4) is 0 Å². The molecule has 0 fully saturated rings. The van der Waals surface area contributed by atoms with Crippen molar-refractivity contribution in [2.45, 2.75) is 20.3 Å². The average molecular weight is 502 g/mol. The van der Waals surface area contributed by atoms with E-state index in [4.69, 9.17) is 32.7 Å². The van der Waals surface area contributed by atoms with Gasteiger partial charge in [-0.1, -0.05) is 30.1 Å². The molecule has 0 aliphatic carbocycles. The molecule has 8 nitrogen and oxygen atoms in total. The summed E-state index contributed by atoms with van der Waals surface area (Å²) in [6.07, 6.45) is 3.26. The van der Waals surface area contributed by atoms with Gasteiger partial charge in [-0.3, -0.25) is 9.10 Å². The number of anilines is 1. The van der Waals surface area contributed by atoms with Crippen molar-refractivity contribution in [1.29, 1.82) is 0 Å². The van der Waals surface area contributed by atoms with Gasteiger partial charge < -0.3 is 9.47 Å². The molecule has 2 rings (SSSR count). The van der Waals surface area contributed by atoms with Gasteiger partial charge in [0.1, 0.15) is 6.54 Å². The van der Waals surface area contributed by atoms with Crippen LogP contribution in [0.1, 0.15) is 25.8 Å². The first kappa shape index (κ1) is 25.8. The van der Waals surface area contributed by atoms with Crippen LogP contribution in [0.25, 0.3) is 0 Å². The second-order valence-electron chi connectivity index (χ2n) is 6.65. The Morgan fingerprint density at radius 3 is 2.53 bits per heavy atom. The van der Waals surface area contributed by atoms with Gasteiger partial charge in [0.15, 0.2) is 11.5 Å². The topological polar surface area (TPSA) is 97.3 Å². The minimum absolute atomic E-state index is 0.102. The van der Waals surface area contributed by atoms with E-state index in [1.54, 1.807) is 18.2 Å². The van der Waals surface area contributed by atoms with Crippen molar-refractivity contribution in [2.75, 3.05) is 30.3 Å². The maximum Gasteiger partial charge on any atom is 0.260 e. The zero-order valence-corrected chi connectivity index (χ0v) is 20.3. The standard InChI is InChI=1S/C21H25Cl2N3O5S/c1-4-10-31-19-9-6-15(11-20(19)30-5-2)13-24-25-21(27)14-26(32(3,28)29)18-12-16(22)7-8-17(18)23/h6-9,11-13H,4-5,10,14H2,1-3H3,(H,25,27)/b24-13-. The third kappa shape index (κ3) is 7.58. The molecule has 0 saturated heterocycles. The number of hydrogen-bond acceptors (Lipinski definition) is 6. The van der Waals surface area contributed by atoms with Crippen LogP contribution >= 0.6 is 23.2 Å². The molecule has 0 radical (unpaired) electrons. The molecule has 0 unspecified atom stereocenters. The Morgan fingerprint density at radius 2 is 1.88 bits per heavy atom. The Hall–Kier alpha value is -2.49. The number of amides is 1. The summed E-state index contributed by atoms with van der Waals surface area (Å²) in [5, 5.41) is 4.33. The number of rotatable bonds is 11. The van der Waals surface area contributed by atoms with Crippen molar-refractivity contribution in [1.82, 2.24) is 5.43 Å². The first-order chi connectivity index (χ1) is 15.2. The third-order valence-corrected chi connectivity index (χ3v) is 5.68. The van der Waals surface area contributed by atoms with Gasteiger partial charge in [-0.15, -0.1) is 0 Å². The molecule has 2 aromatic rings. The molecule has 0 aliphatic heterocycles. The molecule has 0 aromatic heterocycles. The van der Waals surface area contributed by atoms with E-state index in [0.717, 1.165) is 17.0 Å². The van der Waals surface area contributed by atoms with Gasteiger partial charge in [0.25, 0.3) is 5.91 Å². The SMILES string of the molecule is CCCOc1ccc(/C=N\NC(=O)CN(c2cc(Cl)ccc2Cl)S(C)(=O)=O)cc1OCC. The van der Waals surface area contributed by atoms with E-state index in [2.05, 4.69) is 10.5 Å². The first-order valence-electron chi connectivity index (χ1n) is 9.80. The lowest BCUT2D eigenvalue weighted by atomic mass is 10.2. The van der Waals surface area contributed by atoms with Crippen molar-refractivity contribution in [3.8, 4) is 11.5 Å². The van der Waals surface area contributed by atoms with Crippen molar-refractivity contribution in [3.63, 3.8) is 0 Å². The average Bonchev–Trinajstić information content (AvgIpc) is 2.73. The number of nitrogens with zero attached hydrogens (tertiary/aromatic N) is 2. The Balaban J connectivity index is 2.11. The zero-order valence-electron chi connectivity index (χ0n) is 18.0. The number of carbonyl (C=O) groups excluding carboxylic acids is 1. The van der Waals surface area contributed by atoms with E-state index >= 15 is 0 Å². The maximum atomic E-state index is 12.3. The van der Waals surface area contributed by atoms with Crippen molar-refractivity contribution < 1.29 is 22.7 Å². The Kier molecular flexibility index (Phi) is 9.61. The molecule has 11 heteroatoms. The highest BCUT2D eigenvalue weighted by Gasteiger charge is 2.23. The largest absolute Gasteiger partial charge is 0.490 e. The van der Waals surface area contributed by atoms with Crippen LogP contribution in [0.4, 0.5) is 5.69 Å². The lowest BCUT2D eigenvalue weighted by molar-refractivity contribution is -0.119. The molecule has 0 aliphatic rings. The second kappa shape index (κ2) is 11.9. The summed E-state index contributed by atoms with van der Waals surface area (Å²) in [6.45, 7) is 4.38. The minimum atomic E-state index is -3.81. The number of nitrogens with one attached hydrogen (secondary N) is 1. The number of sulfonamides is 1. The number of halogens is 2. The van der Waals surface area contributed by atoms with Crippen LogP contribution in [-0.2, 0) is 14.8 Å². The molecule has 1 N–H and O–H groups in total. The fourth-order valence-corrected chi connectivity index (χ4v) is 3.90. The van der Waals surface area contributed by atoms with E-state index in [9.17, 15) is 13.2 Å². The maximum absolute atomic E-state index is 12.3. The van der Waals surface area contributed by atoms with Crippen LogP contribution in [0, 0.1) is 0 Å². The molecular weight excluding hydrogens is 477 g/mol. The highest BCUT2D eigenvalue weighted by molar-refractivity contribution is 7.92. The van der Waals surface area contributed by atoms with Crippen molar-refractivity contribution in [3.05, 3.63) is 52.0 Å². The molecule has 0 heterocycles. The van der Waals surface area contributed by atoms with Crippen molar-refractivity contribution >= 4 is 51.0 Å². The number of ether oxygens (including phenoxy) is 2. The Bertz CT molecular complexity index is 1080. The summed E-state index contributed by atoms with van der Waals surface area (Å²) in [4.78, 5) is 12.3. The van der Waals surface area contributed by atoms with E-state index in [-0.39, 0.29) is 15.7 Å². The lowest BCUT2D eigenvalue weighted by Gasteiger charge is -2.22. The van der Waals surface area contributed by atoms with E-state index < -0.39 is 22.5 Å². The zero-order chi connectivity index (χ0) is 23.7. The smallest absolute Gasteiger partial charge is 0.260 e. The number of hydrazone groups is 1. The molecule has 0 spiro atoms. The van der Waals surface area contributed by atoms with Gasteiger partial charge in [-0.25, -0.2) is 13.8 Å². The fourth-order valence-electron chi connectivity index (χ4n) is 2.61. The molecule has 0 atom stereocenters. The summed E-state index contributed by atoms with van der Waals surface area (Å²) >= 11 is 12.1. The van der Waals surface area contributed by atoms with Crippen LogP contribution in [0.2, 0.25) is 10.0 Å². The van der Waals surface area contributed by atoms with Gasteiger partial charge in [-0.05, 0) is 55.3 Å². The van der Waals surface area contributed by atoms with E-state index in [1.807, 2.05) is 13.8 Å². The highest BCUT2D eigenvalue weighted by Crippen LogP contribution is 2.30. The molecule has 1 amide bonds. The molecule has 0 bridgehead atoms. The number of hydrogen-bond donors (Lipinski definition) is 1. The van der Waals surface area contributed by atoms with Gasteiger partial charge in [0.05, 0.1) is 36.4 Å². The summed E-state index contributed by atoms with van der Waals surface area (Å²) in [5.41, 5.74) is 3.08. The summed E-state index contributed by atoms with van der Waals surface area (Å²) in [7, 11) is -3.81. The van der Waals surface area contributed by atoms with Crippen molar-refractivity contribution in [2.24, 2.45) is 5.10 Å². The Labute approximate surface area is 198 Å². The van der Waals surface area contributed by atoms with Crippen LogP contribution in [0.5, 0.6) is 11.5 Å². The predicted octanol–water partition coefficient (Wildman–Crippen LogP) is 4.10. The Morgan fingerprint density at radius 1 is 1.12 bits per heavy atom. The number of benzene rings is 2. The first-order valence-corrected chi connectivity index (χ1v) is 12.4. The number of carbonyl (C=O) groups is 1. The molecule has 174 valence electrons. The normalized spacial score (nSPS) is 11.4. The van der Waals surface area contributed by atoms with Gasteiger partial charge in [0, 0.05) is 5.02 Å². The van der Waals surface area contributed by atoms with E-state index in [1.165, 1.54) is 24.4 Å². The van der Waals surface area contributed by atoms with Gasteiger partial charge >= 0.3 is 0 Å². The molecule has 0 saturated carbocycles. The van der Waals surface area contributed by atoms with Crippen LogP contribution in [-0.4, -0.2) is 46.6 Å². The third-order valence-electron chi connectivity index (χ3n) is 4.00. The fraction of sp³-hybridized carbons (Fsp3) is 0.333. The summed E-state index contributed by atoms with van der Waals surface area (Å²) in [5.74, 6) is 0.530. The van der Waals surface area contributed by atoms with Gasteiger partial charge in [-0.2, -0.15) is 5.10 Å². The molecular formula is C21H25Cl2N3O5S. The summed E-state index contributed by atoms with van der Waals surface area (Å²) < 4.78 is 36.5. The minimum Gasteiger partial charge on any atom is -0.490 e. The summed E-state index contributed by atoms with van der Waals surface area (Å²) in [6, 6.07) is 9.61. The van der Waals surface area contributed by atoms with Crippen LogP contribution < -0.4 is 19.2 Å². The van der Waals surface area contributed by atoms with E-state index in [0.29, 0.717) is 30.3 Å². The highest BCUT2D eigenvalue weighted by atomic mass is 35.5. The predicted molar refractivity (Wildman–Crippen MR) is 128 cm³/mol. The quantitative estimate of drug-likeness (QED) is 0.369. The second-order valence-corrected chi connectivity index (χ2v) is 9.40. The van der Waals surface area contributed by atoms with Crippen LogP contribution in [0.15, 0.2) is 41.5 Å². The lowest BCUT2D eigenvalue weighted by Crippen LogP contribution is -2.39. The molecule has 32 heavy (non-hydrogen) atoms. The molecule has 2 aromatic carbocycles.